The number of methoxy groups -OCH3 is 1. The van der Waals surface area contributed by atoms with Crippen molar-refractivity contribution in [1.29, 1.82) is 0 Å². The number of nitrogens with one attached hydrogen (secondary N) is 1. The molecule has 1 aliphatic heterocycles. The molecule has 2 aromatic rings. The molecule has 1 saturated heterocycles. The highest BCUT2D eigenvalue weighted by Gasteiger charge is 2.29. The van der Waals surface area contributed by atoms with E-state index in [0.29, 0.717) is 31.7 Å². The lowest BCUT2D eigenvalue weighted by molar-refractivity contribution is 0.0983. The molecule has 0 radical (unpaired) electrons. The Morgan fingerprint density at radius 3 is 2.47 bits per heavy atom. The van der Waals surface area contributed by atoms with Gasteiger partial charge in [-0.1, -0.05) is 13.8 Å². The van der Waals surface area contributed by atoms with E-state index >= 15 is 0 Å². The van der Waals surface area contributed by atoms with Crippen molar-refractivity contribution in [3.63, 3.8) is 0 Å². The lowest BCUT2D eigenvalue weighted by Crippen LogP contribution is -2.42. The van der Waals surface area contributed by atoms with E-state index in [4.69, 9.17) is 10.5 Å². The van der Waals surface area contributed by atoms with Gasteiger partial charge in [-0.3, -0.25) is 23.4 Å². The van der Waals surface area contributed by atoms with Gasteiger partial charge in [0.2, 0.25) is 10.0 Å². The zero-order valence-corrected chi connectivity index (χ0v) is 20.4. The third-order valence-corrected chi connectivity index (χ3v) is 7.38. The van der Waals surface area contributed by atoms with Gasteiger partial charge in [-0.05, 0) is 43.0 Å². The molecule has 0 aliphatic carbocycles. The molecule has 0 spiro atoms. The van der Waals surface area contributed by atoms with Crippen molar-refractivity contribution < 1.29 is 17.9 Å². The number of aromatic nitrogens is 2. The predicted molar refractivity (Wildman–Crippen MR) is 131 cm³/mol. The van der Waals surface area contributed by atoms with Gasteiger partial charge in [-0.2, -0.15) is 0 Å². The van der Waals surface area contributed by atoms with E-state index in [1.807, 2.05) is 13.8 Å². The van der Waals surface area contributed by atoms with Crippen LogP contribution in [0.15, 0.2) is 33.9 Å². The van der Waals surface area contributed by atoms with Gasteiger partial charge in [-0.15, -0.1) is 0 Å². The molecule has 2 heterocycles. The predicted octanol–water partition coefficient (Wildman–Crippen LogP) is 0.998. The van der Waals surface area contributed by atoms with Gasteiger partial charge in [0.15, 0.2) is 5.69 Å². The quantitative estimate of drug-likeness (QED) is 0.495. The van der Waals surface area contributed by atoms with E-state index in [1.165, 1.54) is 33.0 Å². The van der Waals surface area contributed by atoms with Gasteiger partial charge in [-0.25, -0.2) is 13.2 Å². The molecule has 186 valence electrons. The third-order valence-electron chi connectivity index (χ3n) is 5.51. The number of sulfonamides is 1. The summed E-state index contributed by atoms with van der Waals surface area (Å²) in [5.74, 6) is -0.424. The van der Waals surface area contributed by atoms with Gasteiger partial charge < -0.3 is 15.4 Å². The van der Waals surface area contributed by atoms with Crippen LogP contribution in [0.1, 0.15) is 37.0 Å². The van der Waals surface area contributed by atoms with Crippen LogP contribution < -0.4 is 26.2 Å². The molecule has 1 aromatic carbocycles. The maximum Gasteiger partial charge on any atom is 0.330 e. The molecule has 1 aromatic heterocycles. The summed E-state index contributed by atoms with van der Waals surface area (Å²) < 4.78 is 32.0. The van der Waals surface area contributed by atoms with Crippen LogP contribution in [0.5, 0.6) is 0 Å². The molecule has 12 heteroatoms. The minimum atomic E-state index is -3.35. The Balaban J connectivity index is 2.01. The number of hydrogen-bond donors (Lipinski definition) is 2. The number of rotatable bonds is 9. The molecule has 1 amide bonds. The molecule has 3 N–H and O–H groups in total. The molecule has 0 saturated carbocycles. The first-order valence-corrected chi connectivity index (χ1v) is 12.7. The van der Waals surface area contributed by atoms with Gasteiger partial charge in [0, 0.05) is 38.9 Å². The van der Waals surface area contributed by atoms with Crippen molar-refractivity contribution in [2.75, 3.05) is 47.5 Å². The van der Waals surface area contributed by atoms with E-state index in [9.17, 15) is 22.8 Å². The number of aromatic amines is 1. The molecule has 11 nitrogen and oxygen atoms in total. The van der Waals surface area contributed by atoms with Crippen molar-refractivity contribution in [2.45, 2.75) is 33.2 Å². The smallest absolute Gasteiger partial charge is 0.330 e. The van der Waals surface area contributed by atoms with Crippen LogP contribution in [-0.4, -0.2) is 56.4 Å². The summed E-state index contributed by atoms with van der Waals surface area (Å²) in [6, 6.07) is 6.17. The first-order valence-electron chi connectivity index (χ1n) is 11.1. The van der Waals surface area contributed by atoms with Crippen LogP contribution in [0.3, 0.4) is 0 Å². The lowest BCUT2D eigenvalue weighted by atomic mass is 10.1. The van der Waals surface area contributed by atoms with E-state index < -0.39 is 27.2 Å². The van der Waals surface area contributed by atoms with E-state index in [0.717, 1.165) is 0 Å². The number of ether oxygens (including phenoxy) is 1. The molecule has 0 bridgehead atoms. The summed E-state index contributed by atoms with van der Waals surface area (Å²) in [6.45, 7) is 4.94. The highest BCUT2D eigenvalue weighted by atomic mass is 32.2. The van der Waals surface area contributed by atoms with Crippen LogP contribution >= 0.6 is 0 Å². The standard InChI is InChI=1S/C22H31N5O6S/c1-15(2)14-26-19(23)18(20(28)24-22(26)30)25(10-4-12-33-3)21(29)16-6-8-17(9-7-16)27-11-5-13-34(27,31)32/h6-9,15H,4-5,10-14,23H2,1-3H3,(H,24,28,30). The molecular formula is C22H31N5O6S. The number of nitrogens with zero attached hydrogens (tertiary/aromatic N) is 3. The van der Waals surface area contributed by atoms with E-state index in [-0.39, 0.29) is 41.8 Å². The SMILES string of the molecule is COCCCN(C(=O)c1ccc(N2CCCS2(=O)=O)cc1)c1c(N)n(CC(C)C)c(=O)[nH]c1=O. The number of carbonyl (C=O) groups excluding carboxylic acids is 1. The van der Waals surface area contributed by atoms with Gasteiger partial charge >= 0.3 is 5.69 Å². The maximum absolute atomic E-state index is 13.5. The molecule has 0 atom stereocenters. The highest BCUT2D eigenvalue weighted by molar-refractivity contribution is 7.93. The zero-order chi connectivity index (χ0) is 25.0. The second-order valence-corrected chi connectivity index (χ2v) is 10.6. The molecule has 1 aliphatic rings. The Labute approximate surface area is 198 Å². The van der Waals surface area contributed by atoms with Gasteiger partial charge in [0.25, 0.3) is 11.5 Å². The Morgan fingerprint density at radius 1 is 1.24 bits per heavy atom. The number of carbonyl (C=O) groups is 1. The number of nitrogen functional groups attached to an aromatic ring is 1. The molecule has 0 unspecified atom stereocenters. The fourth-order valence-electron chi connectivity index (χ4n) is 3.92. The fourth-order valence-corrected chi connectivity index (χ4v) is 5.49. The lowest BCUT2D eigenvalue weighted by Gasteiger charge is -2.25. The number of hydrogen-bond acceptors (Lipinski definition) is 7. The summed E-state index contributed by atoms with van der Waals surface area (Å²) in [5, 5.41) is 0. The average molecular weight is 494 g/mol. The normalized spacial score (nSPS) is 15.1. The molecule has 1 fully saturated rings. The minimum absolute atomic E-state index is 0.0748. The van der Waals surface area contributed by atoms with Gasteiger partial charge in [0.05, 0.1) is 11.4 Å². The Bertz CT molecular complexity index is 1250. The van der Waals surface area contributed by atoms with Crippen LogP contribution in [0.25, 0.3) is 0 Å². The summed E-state index contributed by atoms with van der Waals surface area (Å²) in [5.41, 5.74) is 5.46. The Hall–Kier alpha value is -3.12. The summed E-state index contributed by atoms with van der Waals surface area (Å²) >= 11 is 0. The monoisotopic (exact) mass is 493 g/mol. The van der Waals surface area contributed by atoms with Crippen molar-refractivity contribution in [2.24, 2.45) is 5.92 Å². The Kier molecular flexibility index (Phi) is 7.82. The Morgan fingerprint density at radius 2 is 1.91 bits per heavy atom. The first kappa shape index (κ1) is 25.5. The topological polar surface area (TPSA) is 148 Å². The number of H-pyrrole nitrogens is 1. The first-order chi connectivity index (χ1) is 16.1. The molecular weight excluding hydrogens is 462 g/mol. The van der Waals surface area contributed by atoms with Crippen molar-refractivity contribution in [1.82, 2.24) is 9.55 Å². The summed E-state index contributed by atoms with van der Waals surface area (Å²) in [4.78, 5) is 42.1. The number of benzene rings is 1. The van der Waals surface area contributed by atoms with Crippen LogP contribution in [0, 0.1) is 5.92 Å². The van der Waals surface area contributed by atoms with E-state index in [1.54, 1.807) is 12.1 Å². The third kappa shape index (κ3) is 5.33. The van der Waals surface area contributed by atoms with Crippen LogP contribution in [-0.2, 0) is 21.3 Å². The zero-order valence-electron chi connectivity index (χ0n) is 19.6. The summed E-state index contributed by atoms with van der Waals surface area (Å²) in [7, 11) is -1.82. The number of nitrogens with two attached hydrogens (primary N) is 1. The highest BCUT2D eigenvalue weighted by Crippen LogP contribution is 2.26. The second kappa shape index (κ2) is 10.4. The maximum atomic E-state index is 13.5. The van der Waals surface area contributed by atoms with Crippen LogP contribution in [0.4, 0.5) is 17.2 Å². The summed E-state index contributed by atoms with van der Waals surface area (Å²) in [6.07, 6.45) is 0.971. The number of amides is 1. The van der Waals surface area contributed by atoms with Gasteiger partial charge in [0.1, 0.15) is 5.82 Å². The molecule has 3 rings (SSSR count). The van der Waals surface area contributed by atoms with Crippen molar-refractivity contribution in [3.8, 4) is 0 Å². The van der Waals surface area contributed by atoms with E-state index in [2.05, 4.69) is 4.98 Å². The average Bonchev–Trinajstić information content (AvgIpc) is 3.14. The van der Waals surface area contributed by atoms with Crippen molar-refractivity contribution >= 4 is 33.1 Å². The molecule has 34 heavy (non-hydrogen) atoms. The van der Waals surface area contributed by atoms with Crippen LogP contribution in [0.2, 0.25) is 0 Å². The number of anilines is 3. The largest absolute Gasteiger partial charge is 0.385 e. The second-order valence-electron chi connectivity index (χ2n) is 8.59. The van der Waals surface area contributed by atoms with Crippen molar-refractivity contribution in [3.05, 3.63) is 50.7 Å². The fraction of sp³-hybridized carbons (Fsp3) is 0.500. The minimum Gasteiger partial charge on any atom is -0.385 e.